The van der Waals surface area contributed by atoms with Crippen molar-refractivity contribution in [2.24, 2.45) is 11.8 Å². The Morgan fingerprint density at radius 3 is 2.73 bits per heavy atom. The summed E-state index contributed by atoms with van der Waals surface area (Å²) < 4.78 is 0. The highest BCUT2D eigenvalue weighted by molar-refractivity contribution is 5.92. The van der Waals surface area contributed by atoms with Crippen LogP contribution in [0.15, 0.2) is 18.6 Å². The van der Waals surface area contributed by atoms with Crippen LogP contribution in [0.5, 0.6) is 0 Å². The van der Waals surface area contributed by atoms with E-state index in [0.29, 0.717) is 5.82 Å². The lowest BCUT2D eigenvalue weighted by atomic mass is 10.1. The first kappa shape index (κ1) is 10.0. The van der Waals surface area contributed by atoms with Gasteiger partial charge in [0.05, 0.1) is 6.20 Å². The summed E-state index contributed by atoms with van der Waals surface area (Å²) >= 11 is 0. The van der Waals surface area contributed by atoms with Crippen LogP contribution in [0.2, 0.25) is 0 Å². The molecule has 1 aliphatic carbocycles. The summed E-state index contributed by atoms with van der Waals surface area (Å²) in [5.41, 5.74) is 0. The fourth-order valence-corrected chi connectivity index (χ4v) is 1.90. The predicted molar refractivity (Wildman–Crippen MR) is 55.7 cm³/mol. The van der Waals surface area contributed by atoms with Gasteiger partial charge in [-0.05, 0) is 12.8 Å². The molecule has 5 nitrogen and oxygen atoms in total. The van der Waals surface area contributed by atoms with Crippen LogP contribution < -0.4 is 10.9 Å². The molecule has 0 saturated heterocycles. The van der Waals surface area contributed by atoms with Gasteiger partial charge in [-0.2, -0.15) is 0 Å². The number of anilines is 1. The number of carbonyl (C=O) groups is 1. The molecule has 0 radical (unpaired) electrons. The van der Waals surface area contributed by atoms with Crippen molar-refractivity contribution in [3.8, 4) is 0 Å². The van der Waals surface area contributed by atoms with Crippen molar-refractivity contribution in [1.82, 2.24) is 9.97 Å². The standard InChI is InChI=1S/C10H14N4O/c11-14(9-7-12-5-6-13-9)10(15)8-3-1-2-4-8/h5-8H,1-4,11H2. The second-order valence-corrected chi connectivity index (χ2v) is 3.75. The van der Waals surface area contributed by atoms with Gasteiger partial charge in [0.2, 0.25) is 5.91 Å². The van der Waals surface area contributed by atoms with Gasteiger partial charge in [0.15, 0.2) is 5.82 Å². The first-order valence-electron chi connectivity index (χ1n) is 5.13. The Morgan fingerprint density at radius 2 is 2.13 bits per heavy atom. The molecule has 1 fully saturated rings. The Morgan fingerprint density at radius 1 is 1.40 bits per heavy atom. The first-order chi connectivity index (χ1) is 7.29. The number of nitrogens with two attached hydrogens (primary N) is 1. The Kier molecular flexibility index (Phi) is 2.91. The van der Waals surface area contributed by atoms with E-state index in [4.69, 9.17) is 5.84 Å². The zero-order valence-electron chi connectivity index (χ0n) is 8.47. The largest absolute Gasteiger partial charge is 0.273 e. The lowest BCUT2D eigenvalue weighted by Gasteiger charge is -2.18. The Balaban J connectivity index is 2.07. The predicted octanol–water partition coefficient (Wildman–Crippen LogP) is 0.873. The van der Waals surface area contributed by atoms with E-state index in [0.717, 1.165) is 30.7 Å². The number of rotatable bonds is 2. The average Bonchev–Trinajstić information content (AvgIpc) is 2.82. The summed E-state index contributed by atoms with van der Waals surface area (Å²) in [5.74, 6) is 6.13. The van der Waals surface area contributed by atoms with Crippen LogP contribution >= 0.6 is 0 Å². The molecule has 1 aromatic rings. The number of hydrazine groups is 1. The minimum Gasteiger partial charge on any atom is -0.273 e. The highest BCUT2D eigenvalue weighted by atomic mass is 16.2. The van der Waals surface area contributed by atoms with E-state index in [1.165, 1.54) is 12.4 Å². The van der Waals surface area contributed by atoms with Crippen LogP contribution in [0.3, 0.4) is 0 Å². The maximum atomic E-state index is 11.9. The number of aromatic nitrogens is 2. The summed E-state index contributed by atoms with van der Waals surface area (Å²) in [5, 5.41) is 1.11. The fraction of sp³-hybridized carbons (Fsp3) is 0.500. The third-order valence-electron chi connectivity index (χ3n) is 2.74. The quantitative estimate of drug-likeness (QED) is 0.443. The summed E-state index contributed by atoms with van der Waals surface area (Å²) in [6.45, 7) is 0. The third kappa shape index (κ3) is 2.12. The van der Waals surface area contributed by atoms with Crippen molar-refractivity contribution >= 4 is 11.7 Å². The molecular weight excluding hydrogens is 192 g/mol. The van der Waals surface area contributed by atoms with E-state index in [9.17, 15) is 4.79 Å². The molecule has 2 rings (SSSR count). The smallest absolute Gasteiger partial charge is 0.245 e. The molecule has 80 valence electrons. The molecule has 5 heteroatoms. The molecular formula is C10H14N4O. The van der Waals surface area contributed by atoms with E-state index < -0.39 is 0 Å². The normalized spacial score (nSPS) is 16.6. The Hall–Kier alpha value is -1.49. The molecule has 0 unspecified atom stereocenters. The lowest BCUT2D eigenvalue weighted by Crippen LogP contribution is -2.41. The number of amides is 1. The monoisotopic (exact) mass is 206 g/mol. The molecule has 1 saturated carbocycles. The summed E-state index contributed by atoms with van der Waals surface area (Å²) in [6.07, 6.45) is 8.68. The third-order valence-corrected chi connectivity index (χ3v) is 2.74. The van der Waals surface area contributed by atoms with E-state index in [1.807, 2.05) is 0 Å². The lowest BCUT2D eigenvalue weighted by molar-refractivity contribution is -0.122. The van der Waals surface area contributed by atoms with Gasteiger partial charge >= 0.3 is 0 Å². The van der Waals surface area contributed by atoms with Gasteiger partial charge in [0.1, 0.15) is 0 Å². The molecule has 15 heavy (non-hydrogen) atoms. The molecule has 1 amide bonds. The number of hydrogen-bond donors (Lipinski definition) is 1. The molecule has 1 heterocycles. The highest BCUT2D eigenvalue weighted by Crippen LogP contribution is 2.26. The van der Waals surface area contributed by atoms with Gasteiger partial charge < -0.3 is 0 Å². The Bertz CT molecular complexity index is 335. The maximum Gasteiger partial charge on any atom is 0.245 e. The van der Waals surface area contributed by atoms with Gasteiger partial charge in [0.25, 0.3) is 0 Å². The van der Waals surface area contributed by atoms with E-state index >= 15 is 0 Å². The molecule has 0 aliphatic heterocycles. The molecule has 0 spiro atoms. The number of hydrogen-bond acceptors (Lipinski definition) is 4. The molecule has 1 aliphatic rings. The second-order valence-electron chi connectivity index (χ2n) is 3.75. The topological polar surface area (TPSA) is 72.1 Å². The molecule has 0 bridgehead atoms. The van der Waals surface area contributed by atoms with Crippen LogP contribution in [0.1, 0.15) is 25.7 Å². The van der Waals surface area contributed by atoms with Gasteiger partial charge in [-0.15, -0.1) is 0 Å². The maximum absolute atomic E-state index is 11.9. The van der Waals surface area contributed by atoms with Crippen molar-refractivity contribution in [2.75, 3.05) is 5.01 Å². The van der Waals surface area contributed by atoms with Gasteiger partial charge in [-0.1, -0.05) is 12.8 Å². The summed E-state index contributed by atoms with van der Waals surface area (Å²) in [7, 11) is 0. The van der Waals surface area contributed by atoms with E-state index in [1.54, 1.807) is 6.20 Å². The summed E-state index contributed by atoms with van der Waals surface area (Å²) in [6, 6.07) is 0. The zero-order chi connectivity index (χ0) is 10.7. The molecule has 1 aromatic heterocycles. The van der Waals surface area contributed by atoms with Crippen LogP contribution in [-0.4, -0.2) is 15.9 Å². The van der Waals surface area contributed by atoms with Gasteiger partial charge in [0, 0.05) is 18.3 Å². The van der Waals surface area contributed by atoms with E-state index in [-0.39, 0.29) is 11.8 Å². The van der Waals surface area contributed by atoms with Crippen molar-refractivity contribution in [1.29, 1.82) is 0 Å². The minimum atomic E-state index is -0.0481. The Labute approximate surface area is 88.3 Å². The molecule has 2 N–H and O–H groups in total. The van der Waals surface area contributed by atoms with Crippen LogP contribution in [-0.2, 0) is 4.79 Å². The number of nitrogens with zero attached hydrogens (tertiary/aromatic N) is 3. The van der Waals surface area contributed by atoms with Gasteiger partial charge in [-0.25, -0.2) is 15.8 Å². The van der Waals surface area contributed by atoms with Crippen LogP contribution in [0, 0.1) is 5.92 Å². The minimum absolute atomic E-state index is 0.0481. The summed E-state index contributed by atoms with van der Waals surface area (Å²) in [4.78, 5) is 19.7. The second kappa shape index (κ2) is 4.35. The SMILES string of the molecule is NN(C(=O)C1CCCC1)c1cnccn1. The van der Waals surface area contributed by atoms with Crippen molar-refractivity contribution < 1.29 is 4.79 Å². The van der Waals surface area contributed by atoms with Crippen molar-refractivity contribution in [3.05, 3.63) is 18.6 Å². The molecule has 0 aromatic carbocycles. The first-order valence-corrected chi connectivity index (χ1v) is 5.13. The van der Waals surface area contributed by atoms with E-state index in [2.05, 4.69) is 9.97 Å². The fourth-order valence-electron chi connectivity index (χ4n) is 1.90. The van der Waals surface area contributed by atoms with Crippen LogP contribution in [0.25, 0.3) is 0 Å². The van der Waals surface area contributed by atoms with Crippen molar-refractivity contribution in [2.45, 2.75) is 25.7 Å². The number of carbonyl (C=O) groups excluding carboxylic acids is 1. The zero-order valence-corrected chi connectivity index (χ0v) is 8.47. The highest BCUT2D eigenvalue weighted by Gasteiger charge is 2.27. The molecule has 0 atom stereocenters. The van der Waals surface area contributed by atoms with Gasteiger partial charge in [-0.3, -0.25) is 9.78 Å². The average molecular weight is 206 g/mol. The van der Waals surface area contributed by atoms with Crippen molar-refractivity contribution in [3.63, 3.8) is 0 Å². The van der Waals surface area contributed by atoms with Crippen LogP contribution in [0.4, 0.5) is 5.82 Å².